The van der Waals surface area contributed by atoms with Gasteiger partial charge in [0.1, 0.15) is 23.7 Å². The normalized spacial score (nSPS) is 11.0. The van der Waals surface area contributed by atoms with E-state index in [1.54, 1.807) is 24.4 Å². The number of anilines is 1. The van der Waals surface area contributed by atoms with Gasteiger partial charge in [-0.3, -0.25) is 9.38 Å². The van der Waals surface area contributed by atoms with Crippen molar-refractivity contribution in [1.82, 2.24) is 19.6 Å². The predicted octanol–water partition coefficient (Wildman–Crippen LogP) is 4.00. The average Bonchev–Trinajstić information content (AvgIpc) is 3.18. The molecule has 3 heterocycles. The topological polar surface area (TPSA) is 64.3 Å². The Balaban J connectivity index is 1.76. The van der Waals surface area contributed by atoms with E-state index in [-0.39, 0.29) is 12.4 Å². The Morgan fingerprint density at radius 2 is 1.96 bits per heavy atom. The lowest BCUT2D eigenvalue weighted by Crippen LogP contribution is -2.09. The minimum Gasteiger partial charge on any atom is -0.496 e. The second kappa shape index (κ2) is 7.22. The number of ether oxygens (including phenoxy) is 1. The second-order valence-corrected chi connectivity index (χ2v) is 6.19. The average molecular weight is 381 g/mol. The molecule has 0 atom stereocenters. The third kappa shape index (κ3) is 3.02. The van der Waals surface area contributed by atoms with Crippen LogP contribution in [-0.2, 0) is 6.54 Å². The van der Waals surface area contributed by atoms with Crippen molar-refractivity contribution in [1.29, 1.82) is 0 Å². The molecule has 0 saturated heterocycles. The maximum atomic E-state index is 15.0. The summed E-state index contributed by atoms with van der Waals surface area (Å²) in [6.07, 6.45) is 3.09. The van der Waals surface area contributed by atoms with Crippen LogP contribution >= 0.6 is 0 Å². The Bertz CT molecular complexity index is 1160. The van der Waals surface area contributed by atoms with Gasteiger partial charge in [-0.2, -0.15) is 0 Å². The quantitative estimate of drug-likeness (QED) is 0.566. The van der Waals surface area contributed by atoms with Crippen LogP contribution < -0.4 is 10.1 Å². The molecule has 6 nitrogen and oxygen atoms in total. The van der Waals surface area contributed by atoms with Crippen molar-refractivity contribution in [2.45, 2.75) is 13.5 Å². The fraction of sp³-hybridized carbons (Fsp3) is 0.150. The standard InChI is InChI=1S/C20H17F2N5O/c1-12-13(5-4-8-23-12)14-9-17(22)20(27-11-25-26-19(14)27)24-10-15-16(21)6-3-7-18(15)28-2/h3-9,11,24H,10H2,1-2H3. The highest BCUT2D eigenvalue weighted by atomic mass is 19.1. The number of nitrogens with zero attached hydrogens (tertiary/aromatic N) is 4. The van der Waals surface area contributed by atoms with Crippen LogP contribution in [0.3, 0.4) is 0 Å². The number of halogens is 2. The van der Waals surface area contributed by atoms with Gasteiger partial charge in [-0.15, -0.1) is 10.2 Å². The highest BCUT2D eigenvalue weighted by Crippen LogP contribution is 2.30. The molecule has 0 unspecified atom stereocenters. The lowest BCUT2D eigenvalue weighted by atomic mass is 10.1. The van der Waals surface area contributed by atoms with Crippen LogP contribution in [0, 0.1) is 18.6 Å². The molecule has 3 aromatic heterocycles. The number of benzene rings is 1. The van der Waals surface area contributed by atoms with Crippen molar-refractivity contribution in [3.8, 4) is 16.9 Å². The number of nitrogens with one attached hydrogen (secondary N) is 1. The number of hydrogen-bond donors (Lipinski definition) is 1. The smallest absolute Gasteiger partial charge is 0.170 e. The van der Waals surface area contributed by atoms with Crippen molar-refractivity contribution >= 4 is 11.5 Å². The highest BCUT2D eigenvalue weighted by Gasteiger charge is 2.18. The summed E-state index contributed by atoms with van der Waals surface area (Å²) in [4.78, 5) is 4.25. The van der Waals surface area contributed by atoms with E-state index in [9.17, 15) is 8.78 Å². The van der Waals surface area contributed by atoms with E-state index >= 15 is 0 Å². The summed E-state index contributed by atoms with van der Waals surface area (Å²) >= 11 is 0. The van der Waals surface area contributed by atoms with Gasteiger partial charge in [0.2, 0.25) is 0 Å². The summed E-state index contributed by atoms with van der Waals surface area (Å²) in [5.41, 5.74) is 2.87. The van der Waals surface area contributed by atoms with Crippen LogP contribution in [0.15, 0.2) is 48.9 Å². The van der Waals surface area contributed by atoms with Gasteiger partial charge < -0.3 is 10.1 Å². The molecule has 4 rings (SSSR count). The van der Waals surface area contributed by atoms with Gasteiger partial charge in [-0.25, -0.2) is 8.78 Å². The molecule has 0 radical (unpaired) electrons. The molecule has 0 amide bonds. The highest BCUT2D eigenvalue weighted by molar-refractivity contribution is 5.80. The van der Waals surface area contributed by atoms with Gasteiger partial charge in [-0.1, -0.05) is 12.1 Å². The van der Waals surface area contributed by atoms with Crippen molar-refractivity contribution < 1.29 is 13.5 Å². The molecule has 0 aliphatic carbocycles. The van der Waals surface area contributed by atoms with Gasteiger partial charge in [0.15, 0.2) is 11.5 Å². The SMILES string of the molecule is COc1cccc(F)c1CNc1c(F)cc(-c2cccnc2C)c2nncn12. The van der Waals surface area contributed by atoms with E-state index in [2.05, 4.69) is 20.5 Å². The van der Waals surface area contributed by atoms with Gasteiger partial charge in [0.25, 0.3) is 0 Å². The fourth-order valence-electron chi connectivity index (χ4n) is 3.17. The van der Waals surface area contributed by atoms with Gasteiger partial charge >= 0.3 is 0 Å². The molecule has 0 aliphatic heterocycles. The van der Waals surface area contributed by atoms with Crippen molar-refractivity contribution in [3.63, 3.8) is 0 Å². The first-order valence-corrected chi connectivity index (χ1v) is 8.59. The summed E-state index contributed by atoms with van der Waals surface area (Å²) in [7, 11) is 1.46. The molecule has 1 N–H and O–H groups in total. The Kier molecular flexibility index (Phi) is 4.60. The van der Waals surface area contributed by atoms with Crippen LogP contribution in [-0.4, -0.2) is 26.7 Å². The Hall–Kier alpha value is -3.55. The predicted molar refractivity (Wildman–Crippen MR) is 101 cm³/mol. The number of fused-ring (bicyclic) bond motifs is 1. The Morgan fingerprint density at radius 3 is 2.75 bits per heavy atom. The van der Waals surface area contributed by atoms with E-state index in [0.29, 0.717) is 22.5 Å². The first kappa shape index (κ1) is 17.8. The lowest BCUT2D eigenvalue weighted by molar-refractivity contribution is 0.405. The number of pyridine rings is 2. The molecule has 28 heavy (non-hydrogen) atoms. The Morgan fingerprint density at radius 1 is 1.11 bits per heavy atom. The van der Waals surface area contributed by atoms with Gasteiger partial charge in [0, 0.05) is 35.1 Å². The first-order chi connectivity index (χ1) is 13.6. The molecule has 4 aromatic rings. The molecular formula is C20H17F2N5O. The zero-order valence-electron chi connectivity index (χ0n) is 15.3. The molecule has 8 heteroatoms. The zero-order valence-corrected chi connectivity index (χ0v) is 15.3. The third-order valence-corrected chi connectivity index (χ3v) is 4.55. The maximum absolute atomic E-state index is 15.0. The van der Waals surface area contributed by atoms with Crippen LogP contribution in [0.4, 0.5) is 14.6 Å². The maximum Gasteiger partial charge on any atom is 0.170 e. The van der Waals surface area contributed by atoms with E-state index in [0.717, 1.165) is 11.3 Å². The minimum atomic E-state index is -0.513. The fourth-order valence-corrected chi connectivity index (χ4v) is 3.17. The van der Waals surface area contributed by atoms with Crippen molar-refractivity contribution in [2.75, 3.05) is 12.4 Å². The monoisotopic (exact) mass is 381 g/mol. The van der Waals surface area contributed by atoms with E-state index in [1.165, 1.54) is 30.0 Å². The molecule has 0 saturated carbocycles. The molecule has 142 valence electrons. The largest absolute Gasteiger partial charge is 0.496 e. The zero-order chi connectivity index (χ0) is 19.7. The van der Waals surface area contributed by atoms with Crippen LogP contribution in [0.1, 0.15) is 11.3 Å². The lowest BCUT2D eigenvalue weighted by Gasteiger charge is -2.15. The third-order valence-electron chi connectivity index (χ3n) is 4.55. The second-order valence-electron chi connectivity index (χ2n) is 6.19. The number of methoxy groups -OCH3 is 1. The molecular weight excluding hydrogens is 364 g/mol. The Labute approximate surface area is 159 Å². The minimum absolute atomic E-state index is 0.0330. The first-order valence-electron chi connectivity index (χ1n) is 8.59. The van der Waals surface area contributed by atoms with Crippen molar-refractivity contribution in [3.05, 3.63) is 71.8 Å². The van der Waals surface area contributed by atoms with Crippen LogP contribution in [0.2, 0.25) is 0 Å². The number of aromatic nitrogens is 4. The molecule has 0 spiro atoms. The van der Waals surface area contributed by atoms with Crippen LogP contribution in [0.25, 0.3) is 16.8 Å². The summed E-state index contributed by atoms with van der Waals surface area (Å²) in [5, 5.41) is 11.0. The van der Waals surface area contributed by atoms with Crippen LogP contribution in [0.5, 0.6) is 5.75 Å². The summed E-state index contributed by atoms with van der Waals surface area (Å²) in [6.45, 7) is 1.88. The molecule has 0 bridgehead atoms. The summed E-state index contributed by atoms with van der Waals surface area (Å²) < 4.78 is 35.8. The summed E-state index contributed by atoms with van der Waals surface area (Å²) in [5.74, 6) is -0.429. The number of aryl methyl sites for hydroxylation is 1. The summed E-state index contributed by atoms with van der Waals surface area (Å²) in [6, 6.07) is 9.56. The number of rotatable bonds is 5. The van der Waals surface area contributed by atoms with E-state index in [1.807, 2.05) is 13.0 Å². The van der Waals surface area contributed by atoms with Gasteiger partial charge in [-0.05, 0) is 31.2 Å². The molecule has 0 fully saturated rings. The molecule has 1 aromatic carbocycles. The van der Waals surface area contributed by atoms with E-state index < -0.39 is 11.6 Å². The van der Waals surface area contributed by atoms with Crippen molar-refractivity contribution in [2.24, 2.45) is 0 Å². The molecule has 0 aliphatic rings. The van der Waals surface area contributed by atoms with Gasteiger partial charge in [0.05, 0.1) is 7.11 Å². The number of hydrogen-bond acceptors (Lipinski definition) is 5. The van der Waals surface area contributed by atoms with E-state index in [4.69, 9.17) is 4.74 Å².